The van der Waals surface area contributed by atoms with Crippen LogP contribution < -0.4 is 0 Å². The van der Waals surface area contributed by atoms with Crippen LogP contribution in [0.3, 0.4) is 0 Å². The molecule has 0 aliphatic heterocycles. The minimum atomic E-state index is -4.28. The largest absolute Gasteiger partial charge is 2.00 e. The van der Waals surface area contributed by atoms with E-state index >= 15 is 0 Å². The number of esters is 4. The van der Waals surface area contributed by atoms with Crippen molar-refractivity contribution in [2.24, 2.45) is 0 Å². The molecule has 0 saturated carbocycles. The molecule has 0 atom stereocenters. The van der Waals surface area contributed by atoms with Crippen LogP contribution in [0.15, 0.2) is 48.5 Å². The number of carbonyl (C=O) groups excluding carboxylic acids is 4. The summed E-state index contributed by atoms with van der Waals surface area (Å²) in [6.07, 6.45) is 53.2. The van der Waals surface area contributed by atoms with Crippen molar-refractivity contribution in [1.29, 1.82) is 0 Å². The molecule has 17 heteroatoms. The Balaban J connectivity index is 0.00000164. The Labute approximate surface area is 546 Å². The average Bonchev–Trinajstić information content (AvgIpc) is 3.63. The number of rotatable bonds is 56. The molecular formula is C68H114CaO14S2. The summed E-state index contributed by atoms with van der Waals surface area (Å²) in [7, 11) is -8.55. The Morgan fingerprint density at radius 3 is 0.600 bits per heavy atom. The van der Waals surface area contributed by atoms with Gasteiger partial charge in [-0.25, -0.2) is 36.0 Å². The van der Waals surface area contributed by atoms with Crippen molar-refractivity contribution in [2.45, 2.75) is 296 Å². The first-order chi connectivity index (χ1) is 40.7. The molecule has 0 amide bonds. The molecule has 0 N–H and O–H groups in total. The molecule has 2 rings (SSSR count). The van der Waals surface area contributed by atoms with Crippen LogP contribution in [0.2, 0.25) is 0 Å². The van der Waals surface area contributed by atoms with Crippen LogP contribution in [0.25, 0.3) is 0 Å². The van der Waals surface area contributed by atoms with Crippen LogP contribution in [0, 0.1) is 0 Å². The van der Waals surface area contributed by atoms with Crippen molar-refractivity contribution < 1.29 is 64.1 Å². The predicted molar refractivity (Wildman–Crippen MR) is 343 cm³/mol. The topological polar surface area (TPSA) is 220 Å². The SMILES string of the molecule is CCCCCCCCCCCCCCCCCCCCCCOC(=O)c1ccccc1C(=O)OCCCCS(=O)(=O)[O-].CCCCCCCCCCCCCCCCCCCCCCOC(=O)c1ccccc1C(=O)OCCCCS(=O)(=O)[O-].[Ca+2]. The summed E-state index contributed by atoms with van der Waals surface area (Å²) in [5, 5.41) is 0. The normalized spacial score (nSPS) is 11.3. The molecule has 0 spiro atoms. The molecular weight excluding hydrogens is 1140 g/mol. The number of hydrogen-bond acceptors (Lipinski definition) is 14. The molecule has 0 aromatic heterocycles. The van der Waals surface area contributed by atoms with Gasteiger partial charge < -0.3 is 28.1 Å². The van der Waals surface area contributed by atoms with Crippen molar-refractivity contribution in [2.75, 3.05) is 37.9 Å². The van der Waals surface area contributed by atoms with E-state index in [1.165, 1.54) is 243 Å². The molecule has 0 saturated heterocycles. The molecule has 0 fully saturated rings. The number of ether oxygens (including phenoxy) is 4. The predicted octanol–water partition coefficient (Wildman–Crippen LogP) is 17.9. The van der Waals surface area contributed by atoms with Crippen molar-refractivity contribution in [1.82, 2.24) is 0 Å². The van der Waals surface area contributed by atoms with Gasteiger partial charge in [-0.3, -0.25) is 0 Å². The number of unbranched alkanes of at least 4 members (excludes halogenated alkanes) is 40. The van der Waals surface area contributed by atoms with Gasteiger partial charge in [-0.1, -0.05) is 282 Å². The standard InChI is InChI=1S/2C34H58O7S.Ca/c2*1-2-3-4-5-6-7-8-9-10-11-12-13-14-15-16-17-18-19-20-23-28-40-33(35)31-26-21-22-27-32(31)34(36)41-29-24-25-30-42(37,38)39;/h2*21-22,26-27H,2-20,23-25,28-30H2,1H3,(H,37,38,39);/q;;+2/p-2. The van der Waals surface area contributed by atoms with E-state index in [0.717, 1.165) is 38.5 Å². The molecule has 0 aliphatic carbocycles. The van der Waals surface area contributed by atoms with Gasteiger partial charge in [-0.05, 0) is 62.8 Å². The number of carbonyl (C=O) groups is 4. The molecule has 2 aromatic carbocycles. The van der Waals surface area contributed by atoms with Gasteiger partial charge in [-0.15, -0.1) is 0 Å². The van der Waals surface area contributed by atoms with Gasteiger partial charge >= 0.3 is 61.6 Å². The van der Waals surface area contributed by atoms with E-state index in [2.05, 4.69) is 13.8 Å². The zero-order valence-corrected chi connectivity index (χ0v) is 57.1. The van der Waals surface area contributed by atoms with E-state index in [1.807, 2.05) is 0 Å². The van der Waals surface area contributed by atoms with Gasteiger partial charge in [0, 0.05) is 11.5 Å². The van der Waals surface area contributed by atoms with E-state index in [1.54, 1.807) is 24.3 Å². The Bertz CT molecular complexity index is 2020. The number of hydrogen-bond donors (Lipinski definition) is 0. The smallest absolute Gasteiger partial charge is 0.748 e. The second kappa shape index (κ2) is 57.8. The first-order valence-corrected chi connectivity index (χ1v) is 36.6. The van der Waals surface area contributed by atoms with E-state index in [9.17, 15) is 45.1 Å². The maximum absolute atomic E-state index is 12.5. The maximum Gasteiger partial charge on any atom is 2.00 e. The summed E-state index contributed by atoms with van der Waals surface area (Å²) in [6.45, 7) is 5.11. The fraction of sp³-hybridized carbons (Fsp3) is 0.765. The van der Waals surface area contributed by atoms with Gasteiger partial charge in [0.25, 0.3) is 0 Å². The molecule has 0 radical (unpaired) electrons. The maximum atomic E-state index is 12.5. The third-order valence-corrected chi connectivity index (χ3v) is 16.8. The van der Waals surface area contributed by atoms with Crippen LogP contribution in [0.5, 0.6) is 0 Å². The van der Waals surface area contributed by atoms with Gasteiger partial charge in [0.1, 0.15) is 0 Å². The Hall–Kier alpha value is -2.60. The first-order valence-electron chi connectivity index (χ1n) is 33.4. The quantitative estimate of drug-likeness (QED) is 0.0198. The summed E-state index contributed by atoms with van der Waals surface area (Å²) in [5.74, 6) is -3.45. The van der Waals surface area contributed by atoms with Crippen molar-refractivity contribution in [3.05, 3.63) is 70.8 Å². The number of benzene rings is 2. The molecule has 0 bridgehead atoms. The summed E-state index contributed by atoms with van der Waals surface area (Å²) in [4.78, 5) is 49.8. The van der Waals surface area contributed by atoms with Gasteiger partial charge in [0.2, 0.25) is 0 Å². The Morgan fingerprint density at radius 2 is 0.435 bits per heavy atom. The summed E-state index contributed by atoms with van der Waals surface area (Å²) in [5.41, 5.74) is 0.528. The Morgan fingerprint density at radius 1 is 0.282 bits per heavy atom. The van der Waals surface area contributed by atoms with Gasteiger partial charge in [-0.2, -0.15) is 0 Å². The summed E-state index contributed by atoms with van der Waals surface area (Å²) < 4.78 is 84.9. The van der Waals surface area contributed by atoms with Crippen LogP contribution in [-0.2, 0) is 39.2 Å². The Kier molecular flexibility index (Phi) is 56.0. The zero-order chi connectivity index (χ0) is 61.5. The van der Waals surface area contributed by atoms with Crippen LogP contribution in [0.4, 0.5) is 0 Å². The molecule has 0 heterocycles. The summed E-state index contributed by atoms with van der Waals surface area (Å²) >= 11 is 0. The minimum Gasteiger partial charge on any atom is -0.748 e. The monoisotopic (exact) mass is 1260 g/mol. The molecule has 85 heavy (non-hydrogen) atoms. The van der Waals surface area contributed by atoms with Crippen LogP contribution in [0.1, 0.15) is 338 Å². The average molecular weight is 1260 g/mol. The fourth-order valence-corrected chi connectivity index (χ4v) is 11.2. The second-order valence-corrected chi connectivity index (χ2v) is 26.1. The molecule has 484 valence electrons. The first kappa shape index (κ1) is 82.4. The van der Waals surface area contributed by atoms with Gasteiger partial charge in [0.05, 0.1) is 68.9 Å². The zero-order valence-electron chi connectivity index (χ0n) is 53.2. The third-order valence-electron chi connectivity index (χ3n) is 15.2. The fourth-order valence-electron chi connectivity index (χ4n) is 10.1. The second-order valence-electron chi connectivity index (χ2n) is 23.0. The molecule has 0 aliphatic rings. The van der Waals surface area contributed by atoms with Crippen molar-refractivity contribution in [3.8, 4) is 0 Å². The third kappa shape index (κ3) is 51.9. The molecule has 0 unspecified atom stereocenters. The van der Waals surface area contributed by atoms with E-state index in [4.69, 9.17) is 18.9 Å². The molecule has 2 aromatic rings. The minimum absolute atomic E-state index is 0. The van der Waals surface area contributed by atoms with E-state index < -0.39 is 55.6 Å². The van der Waals surface area contributed by atoms with Gasteiger partial charge in [0.15, 0.2) is 0 Å². The van der Waals surface area contributed by atoms with Crippen LogP contribution >= 0.6 is 0 Å². The van der Waals surface area contributed by atoms with Crippen LogP contribution in [-0.4, -0.2) is 125 Å². The van der Waals surface area contributed by atoms with E-state index in [-0.39, 0.29) is 98.9 Å². The van der Waals surface area contributed by atoms with Crippen molar-refractivity contribution >= 4 is 81.9 Å². The van der Waals surface area contributed by atoms with E-state index in [0.29, 0.717) is 13.2 Å². The summed E-state index contributed by atoms with van der Waals surface area (Å²) in [6, 6.07) is 12.6. The molecule has 14 nitrogen and oxygen atoms in total. The van der Waals surface area contributed by atoms with Crippen molar-refractivity contribution in [3.63, 3.8) is 0 Å².